The minimum atomic E-state index is -0.368. The molecule has 2 aliphatic rings. The summed E-state index contributed by atoms with van der Waals surface area (Å²) in [6.45, 7) is 1.34. The zero-order valence-corrected chi connectivity index (χ0v) is 19.8. The van der Waals surface area contributed by atoms with Crippen molar-refractivity contribution in [2.24, 2.45) is 5.92 Å². The molecule has 1 aliphatic heterocycles. The predicted molar refractivity (Wildman–Crippen MR) is 133 cm³/mol. The number of hydrogen-bond donors (Lipinski definition) is 2. The third-order valence-electron chi connectivity index (χ3n) is 7.33. The van der Waals surface area contributed by atoms with Gasteiger partial charge in [0, 0.05) is 33.6 Å². The van der Waals surface area contributed by atoms with Crippen LogP contribution in [-0.4, -0.2) is 29.2 Å². The molecule has 0 saturated carbocycles. The van der Waals surface area contributed by atoms with E-state index in [2.05, 4.69) is 22.4 Å². The van der Waals surface area contributed by atoms with Crippen LogP contribution >= 0.6 is 22.9 Å². The summed E-state index contributed by atoms with van der Waals surface area (Å²) in [6, 6.07) is 12.0. The van der Waals surface area contributed by atoms with Crippen LogP contribution in [0.15, 0.2) is 46.0 Å². The van der Waals surface area contributed by atoms with Gasteiger partial charge >= 0.3 is 5.69 Å². The summed E-state index contributed by atoms with van der Waals surface area (Å²) in [7, 11) is 1.73. The summed E-state index contributed by atoms with van der Waals surface area (Å²) >= 11 is 7.53. The lowest BCUT2D eigenvalue weighted by Gasteiger charge is -2.32. The van der Waals surface area contributed by atoms with Crippen molar-refractivity contribution in [1.29, 1.82) is 0 Å². The number of fused-ring (bicyclic) bond motifs is 6. The van der Waals surface area contributed by atoms with Gasteiger partial charge in [0.05, 0.1) is 12.6 Å². The predicted octanol–water partition coefficient (Wildman–Crippen LogP) is 4.27. The van der Waals surface area contributed by atoms with Crippen molar-refractivity contribution in [3.05, 3.63) is 73.4 Å². The van der Waals surface area contributed by atoms with Crippen molar-refractivity contribution in [2.75, 3.05) is 13.7 Å². The molecule has 33 heavy (non-hydrogen) atoms. The molecule has 6 rings (SSSR count). The monoisotopic (exact) mass is 481 g/mol. The Labute approximate surface area is 199 Å². The van der Waals surface area contributed by atoms with Gasteiger partial charge in [-0.2, -0.15) is 0 Å². The lowest BCUT2D eigenvalue weighted by Crippen LogP contribution is -2.37. The molecule has 0 spiro atoms. The third kappa shape index (κ3) is 3.33. The zero-order chi connectivity index (χ0) is 22.7. The number of halogens is 1. The van der Waals surface area contributed by atoms with E-state index in [1.807, 2.05) is 12.1 Å². The van der Waals surface area contributed by atoms with Gasteiger partial charge in [-0.3, -0.25) is 9.36 Å². The molecule has 8 heteroatoms. The van der Waals surface area contributed by atoms with E-state index in [4.69, 9.17) is 16.3 Å². The summed E-state index contributed by atoms with van der Waals surface area (Å²) in [5.41, 5.74) is 2.63. The van der Waals surface area contributed by atoms with E-state index in [9.17, 15) is 9.59 Å². The van der Waals surface area contributed by atoms with Crippen molar-refractivity contribution in [2.45, 2.75) is 37.8 Å². The number of nitrogens with one attached hydrogen (secondary N) is 2. The van der Waals surface area contributed by atoms with Crippen molar-refractivity contribution in [3.63, 3.8) is 0 Å². The van der Waals surface area contributed by atoms with Crippen LogP contribution in [0.2, 0.25) is 5.02 Å². The lowest BCUT2D eigenvalue weighted by molar-refractivity contribution is 0.371. The smallest absolute Gasteiger partial charge is 0.328 e. The highest BCUT2D eigenvalue weighted by Gasteiger charge is 2.40. The van der Waals surface area contributed by atoms with Crippen LogP contribution in [0, 0.1) is 5.92 Å². The third-order valence-corrected chi connectivity index (χ3v) is 8.72. The first-order valence-electron chi connectivity index (χ1n) is 11.3. The zero-order valence-electron chi connectivity index (χ0n) is 18.2. The summed E-state index contributed by atoms with van der Waals surface area (Å²) < 4.78 is 8.47. The molecule has 1 saturated heterocycles. The second-order valence-corrected chi connectivity index (χ2v) is 10.5. The molecule has 2 N–H and O–H groups in total. The lowest BCUT2D eigenvalue weighted by atomic mass is 9.73. The molecule has 3 atom stereocenters. The Hall–Kier alpha value is -2.61. The number of hydrogen-bond acceptors (Lipinski definition) is 5. The molecule has 2 aromatic heterocycles. The van der Waals surface area contributed by atoms with Crippen LogP contribution < -0.4 is 21.3 Å². The van der Waals surface area contributed by atoms with E-state index in [-0.39, 0.29) is 17.3 Å². The van der Waals surface area contributed by atoms with Crippen molar-refractivity contribution < 1.29 is 4.74 Å². The van der Waals surface area contributed by atoms with Gasteiger partial charge in [0.25, 0.3) is 5.56 Å². The Morgan fingerprint density at radius 3 is 2.97 bits per heavy atom. The normalized spacial score (nSPS) is 21.9. The average Bonchev–Trinajstić information content (AvgIpc) is 3.40. The number of ether oxygens (including phenoxy) is 1. The Balaban J connectivity index is 1.33. The maximum Gasteiger partial charge on any atom is 0.328 e. The molecule has 4 aromatic rings. The standard InChI is InChI=1S/C25H24ClN3O3S/c1-32-19-4-2-3-16-15(19)7-5-13-12-27-18(21(13)16)9-10-29-24(30)23-22(28-25(29)31)17-11-14(26)6-8-20(17)33-23/h2-4,6,8,11,13,18,21,27H,5,7,9-10,12H2,1H3,(H,28,31)/t13-,18?,21+/m0/s1. The average molecular weight is 482 g/mol. The highest BCUT2D eigenvalue weighted by molar-refractivity contribution is 7.25. The quantitative estimate of drug-likeness (QED) is 0.456. The maximum absolute atomic E-state index is 13.3. The Kier molecular flexibility index (Phi) is 5.09. The first kappa shape index (κ1) is 21.0. The van der Waals surface area contributed by atoms with Gasteiger partial charge in [-0.25, -0.2) is 4.79 Å². The highest BCUT2D eigenvalue weighted by atomic mass is 35.5. The molecular formula is C25H24ClN3O3S. The number of H-pyrrole nitrogens is 1. The van der Waals surface area contributed by atoms with Gasteiger partial charge in [0.2, 0.25) is 0 Å². The molecule has 1 fully saturated rings. The Morgan fingerprint density at radius 1 is 1.24 bits per heavy atom. The number of aromatic amines is 1. The fourth-order valence-corrected chi connectivity index (χ4v) is 7.07. The van der Waals surface area contributed by atoms with Crippen molar-refractivity contribution in [1.82, 2.24) is 14.9 Å². The molecule has 2 aromatic carbocycles. The van der Waals surface area contributed by atoms with Gasteiger partial charge in [0.15, 0.2) is 0 Å². The van der Waals surface area contributed by atoms with E-state index in [0.29, 0.717) is 40.0 Å². The number of methoxy groups -OCH3 is 1. The van der Waals surface area contributed by atoms with Gasteiger partial charge in [0.1, 0.15) is 10.4 Å². The molecule has 170 valence electrons. The molecule has 0 amide bonds. The Morgan fingerprint density at radius 2 is 2.12 bits per heavy atom. The van der Waals surface area contributed by atoms with Crippen LogP contribution in [0.5, 0.6) is 5.75 Å². The number of benzene rings is 2. The summed E-state index contributed by atoms with van der Waals surface area (Å²) in [4.78, 5) is 29.1. The van der Waals surface area contributed by atoms with Crippen LogP contribution in [-0.2, 0) is 13.0 Å². The summed E-state index contributed by atoms with van der Waals surface area (Å²) in [5, 5.41) is 5.07. The van der Waals surface area contributed by atoms with Crippen molar-refractivity contribution >= 4 is 43.2 Å². The Bertz CT molecular complexity index is 1500. The van der Waals surface area contributed by atoms with E-state index >= 15 is 0 Å². The second-order valence-electron chi connectivity index (χ2n) is 8.99. The molecule has 1 unspecified atom stereocenters. The van der Waals surface area contributed by atoms with Crippen LogP contribution in [0.3, 0.4) is 0 Å². The van der Waals surface area contributed by atoms with Crippen LogP contribution in [0.25, 0.3) is 20.3 Å². The van der Waals surface area contributed by atoms with Crippen LogP contribution in [0.4, 0.5) is 0 Å². The van der Waals surface area contributed by atoms with E-state index < -0.39 is 0 Å². The van der Waals surface area contributed by atoms with Gasteiger partial charge in [-0.1, -0.05) is 23.7 Å². The SMILES string of the molecule is COc1cccc2c1CC[C@H]1CNC(CCn3c(=O)[nH]c4c(sc5ccc(Cl)cc54)c3=O)[C@@H]21. The summed E-state index contributed by atoms with van der Waals surface area (Å²) in [6.07, 6.45) is 2.86. The van der Waals surface area contributed by atoms with Gasteiger partial charge in [-0.05, 0) is 67.1 Å². The highest BCUT2D eigenvalue weighted by Crippen LogP contribution is 2.45. The van der Waals surface area contributed by atoms with Crippen molar-refractivity contribution in [3.8, 4) is 5.75 Å². The molecule has 0 radical (unpaired) electrons. The maximum atomic E-state index is 13.3. The number of thiophene rings is 1. The van der Waals surface area contributed by atoms with E-state index in [1.165, 1.54) is 27.0 Å². The van der Waals surface area contributed by atoms with Crippen LogP contribution in [0.1, 0.15) is 29.9 Å². The molecule has 3 heterocycles. The molecule has 0 bridgehead atoms. The van der Waals surface area contributed by atoms with Gasteiger partial charge in [-0.15, -0.1) is 11.3 Å². The second kappa shape index (κ2) is 8.01. The van der Waals surface area contributed by atoms with E-state index in [1.54, 1.807) is 19.2 Å². The number of nitrogens with zero attached hydrogens (tertiary/aromatic N) is 1. The first-order chi connectivity index (χ1) is 16.0. The molecule has 1 aliphatic carbocycles. The minimum absolute atomic E-state index is 0.212. The number of aromatic nitrogens is 2. The molecule has 6 nitrogen and oxygen atoms in total. The first-order valence-corrected chi connectivity index (χ1v) is 12.5. The number of rotatable bonds is 4. The van der Waals surface area contributed by atoms with Gasteiger partial charge < -0.3 is 15.0 Å². The largest absolute Gasteiger partial charge is 0.496 e. The molecular weight excluding hydrogens is 458 g/mol. The van der Waals surface area contributed by atoms with E-state index in [0.717, 1.165) is 35.2 Å². The minimum Gasteiger partial charge on any atom is -0.496 e. The topological polar surface area (TPSA) is 76.1 Å². The fourth-order valence-electron chi connectivity index (χ4n) is 5.81. The fraction of sp³-hybridized carbons (Fsp3) is 0.360. The summed E-state index contributed by atoms with van der Waals surface area (Å²) in [5.74, 6) is 1.90.